The van der Waals surface area contributed by atoms with Gasteiger partial charge in [-0.3, -0.25) is 4.79 Å². The van der Waals surface area contributed by atoms with E-state index in [1.165, 1.54) is 12.1 Å². The molecule has 23 heavy (non-hydrogen) atoms. The third-order valence-corrected chi connectivity index (χ3v) is 3.01. The molecule has 0 saturated heterocycles. The van der Waals surface area contributed by atoms with Crippen molar-refractivity contribution in [3.8, 4) is 11.5 Å². The molecule has 6 nitrogen and oxygen atoms in total. The molecule has 0 bridgehead atoms. The number of phenols is 1. The fourth-order valence-corrected chi connectivity index (χ4v) is 1.90. The molecule has 0 saturated carbocycles. The average Bonchev–Trinajstić information content (AvgIpc) is 2.53. The number of aliphatic hydroxyl groups excluding tert-OH is 1. The molecule has 122 valence electrons. The van der Waals surface area contributed by atoms with Crippen LogP contribution in [0.15, 0.2) is 48.5 Å². The van der Waals surface area contributed by atoms with E-state index in [9.17, 15) is 15.0 Å². The molecule has 4 N–H and O–H groups in total. The van der Waals surface area contributed by atoms with E-state index in [1.807, 2.05) is 0 Å². The lowest BCUT2D eigenvalue weighted by Crippen LogP contribution is -2.25. The third-order valence-electron chi connectivity index (χ3n) is 3.01. The Bertz CT molecular complexity index is 659. The van der Waals surface area contributed by atoms with E-state index in [-0.39, 0.29) is 31.4 Å². The fraction of sp³-hybridized carbons (Fsp3) is 0.235. The van der Waals surface area contributed by atoms with Gasteiger partial charge in [-0.2, -0.15) is 0 Å². The molecule has 1 atom stereocenters. The number of ether oxygens (including phenoxy) is 2. The number of aromatic hydroxyl groups is 1. The molecule has 0 fully saturated rings. The largest absolute Gasteiger partial charge is 0.508 e. The monoisotopic (exact) mass is 317 g/mol. The van der Waals surface area contributed by atoms with Gasteiger partial charge in [-0.15, -0.1) is 0 Å². The number of hydrogen-bond acceptors (Lipinski definition) is 6. The Morgan fingerprint density at radius 2 is 1.91 bits per heavy atom. The van der Waals surface area contributed by atoms with Crippen LogP contribution in [0.5, 0.6) is 11.5 Å². The van der Waals surface area contributed by atoms with E-state index in [0.29, 0.717) is 17.0 Å². The zero-order valence-electron chi connectivity index (χ0n) is 12.5. The molecule has 0 radical (unpaired) electrons. The zero-order valence-corrected chi connectivity index (χ0v) is 12.5. The molecule has 6 heteroatoms. The van der Waals surface area contributed by atoms with Gasteiger partial charge < -0.3 is 25.4 Å². The number of ketones is 1. The Morgan fingerprint density at radius 1 is 1.13 bits per heavy atom. The van der Waals surface area contributed by atoms with Crippen LogP contribution in [-0.4, -0.2) is 41.9 Å². The predicted octanol–water partition coefficient (Wildman–Crippen LogP) is 1.61. The molecule has 0 aromatic heterocycles. The van der Waals surface area contributed by atoms with Crippen molar-refractivity contribution in [2.45, 2.75) is 6.10 Å². The van der Waals surface area contributed by atoms with Gasteiger partial charge in [-0.25, -0.2) is 0 Å². The first kappa shape index (κ1) is 16.8. The van der Waals surface area contributed by atoms with Gasteiger partial charge in [0, 0.05) is 17.3 Å². The molecule has 1 unspecified atom stereocenters. The summed E-state index contributed by atoms with van der Waals surface area (Å²) in [6.07, 6.45) is -0.867. The lowest BCUT2D eigenvalue weighted by molar-refractivity contribution is 0.0144. The molecule has 0 aliphatic heterocycles. The van der Waals surface area contributed by atoms with Gasteiger partial charge in [0.05, 0.1) is 6.61 Å². The first-order valence-electron chi connectivity index (χ1n) is 7.11. The third kappa shape index (κ3) is 5.61. The minimum absolute atomic E-state index is 0.0198. The second-order valence-electron chi connectivity index (χ2n) is 5.03. The minimum Gasteiger partial charge on any atom is -0.508 e. The Kier molecular flexibility index (Phi) is 5.96. The lowest BCUT2D eigenvalue weighted by Gasteiger charge is -2.13. The van der Waals surface area contributed by atoms with Crippen LogP contribution in [0.3, 0.4) is 0 Å². The van der Waals surface area contributed by atoms with Crippen LogP contribution in [0.25, 0.3) is 0 Å². The number of nitrogens with two attached hydrogens (primary N) is 1. The van der Waals surface area contributed by atoms with Gasteiger partial charge >= 0.3 is 0 Å². The summed E-state index contributed by atoms with van der Waals surface area (Å²) in [7, 11) is 0. The minimum atomic E-state index is -0.867. The van der Waals surface area contributed by atoms with Crippen molar-refractivity contribution < 1.29 is 24.5 Å². The highest BCUT2D eigenvalue weighted by molar-refractivity contribution is 5.97. The van der Waals surface area contributed by atoms with Gasteiger partial charge in [0.1, 0.15) is 30.8 Å². The highest BCUT2D eigenvalue weighted by Gasteiger charge is 2.10. The molecule has 0 spiro atoms. The van der Waals surface area contributed by atoms with Crippen molar-refractivity contribution >= 4 is 11.5 Å². The molecule has 2 rings (SSSR count). The number of Topliss-reactive ketones (excluding diaryl/α,β-unsaturated/α-hetero) is 1. The molecule has 2 aromatic carbocycles. The first-order chi connectivity index (χ1) is 11.0. The normalized spacial score (nSPS) is 11.9. The summed E-state index contributed by atoms with van der Waals surface area (Å²) in [5.41, 5.74) is 6.55. The van der Waals surface area contributed by atoms with Crippen molar-refractivity contribution in [3.63, 3.8) is 0 Å². The van der Waals surface area contributed by atoms with Crippen LogP contribution in [-0.2, 0) is 4.74 Å². The maximum atomic E-state index is 11.8. The van der Waals surface area contributed by atoms with E-state index >= 15 is 0 Å². The summed E-state index contributed by atoms with van der Waals surface area (Å²) >= 11 is 0. The summed E-state index contributed by atoms with van der Waals surface area (Å²) in [6.45, 7) is -0.185. The van der Waals surface area contributed by atoms with Crippen molar-refractivity contribution in [2.75, 3.05) is 25.6 Å². The number of anilines is 1. The van der Waals surface area contributed by atoms with Crippen LogP contribution in [0, 0.1) is 0 Å². The Labute approximate surface area is 134 Å². The van der Waals surface area contributed by atoms with Gasteiger partial charge in [0.25, 0.3) is 0 Å². The number of aliphatic hydroxyl groups is 1. The average molecular weight is 317 g/mol. The standard InChI is InChI=1S/C17H19NO5/c18-13-4-2-6-16(8-13)23-10-15(20)9-22-11-17(21)12-3-1-5-14(19)7-12/h1-8,15,19-20H,9-11,18H2. The van der Waals surface area contributed by atoms with Gasteiger partial charge in [0.2, 0.25) is 0 Å². The number of rotatable bonds is 8. The van der Waals surface area contributed by atoms with Gasteiger partial charge in [-0.1, -0.05) is 18.2 Å². The van der Waals surface area contributed by atoms with E-state index in [2.05, 4.69) is 0 Å². The molecule has 0 heterocycles. The number of benzene rings is 2. The van der Waals surface area contributed by atoms with Gasteiger partial charge in [-0.05, 0) is 24.3 Å². The van der Waals surface area contributed by atoms with Crippen LogP contribution >= 0.6 is 0 Å². The van der Waals surface area contributed by atoms with Gasteiger partial charge in [0.15, 0.2) is 5.78 Å². The summed E-state index contributed by atoms with van der Waals surface area (Å²) in [5.74, 6) is 0.302. The van der Waals surface area contributed by atoms with E-state index in [1.54, 1.807) is 36.4 Å². The Morgan fingerprint density at radius 3 is 2.65 bits per heavy atom. The summed E-state index contributed by atoms with van der Waals surface area (Å²) in [4.78, 5) is 11.8. The first-order valence-corrected chi connectivity index (χ1v) is 7.11. The highest BCUT2D eigenvalue weighted by Crippen LogP contribution is 2.14. The quantitative estimate of drug-likeness (QED) is 0.505. The van der Waals surface area contributed by atoms with Crippen LogP contribution < -0.4 is 10.5 Å². The van der Waals surface area contributed by atoms with Crippen molar-refractivity contribution in [1.29, 1.82) is 0 Å². The van der Waals surface area contributed by atoms with Crippen molar-refractivity contribution in [2.24, 2.45) is 0 Å². The maximum Gasteiger partial charge on any atom is 0.188 e. The molecule has 0 aliphatic carbocycles. The molecular weight excluding hydrogens is 298 g/mol. The van der Waals surface area contributed by atoms with Crippen molar-refractivity contribution in [1.82, 2.24) is 0 Å². The number of hydrogen-bond donors (Lipinski definition) is 3. The number of carbonyl (C=O) groups is 1. The number of carbonyl (C=O) groups excluding carboxylic acids is 1. The number of phenolic OH excluding ortho intramolecular Hbond substituents is 1. The fourth-order valence-electron chi connectivity index (χ4n) is 1.90. The Hall–Kier alpha value is -2.57. The second kappa shape index (κ2) is 8.17. The van der Waals surface area contributed by atoms with Crippen LogP contribution in [0.1, 0.15) is 10.4 Å². The Balaban J connectivity index is 1.70. The van der Waals surface area contributed by atoms with Crippen LogP contribution in [0.2, 0.25) is 0 Å². The number of nitrogen functional groups attached to an aromatic ring is 1. The highest BCUT2D eigenvalue weighted by atomic mass is 16.5. The van der Waals surface area contributed by atoms with E-state index < -0.39 is 6.10 Å². The smallest absolute Gasteiger partial charge is 0.188 e. The second-order valence-corrected chi connectivity index (χ2v) is 5.03. The van der Waals surface area contributed by atoms with Crippen molar-refractivity contribution in [3.05, 3.63) is 54.1 Å². The van der Waals surface area contributed by atoms with Crippen LogP contribution in [0.4, 0.5) is 5.69 Å². The molecule has 0 aliphatic rings. The molecular formula is C17H19NO5. The maximum absolute atomic E-state index is 11.8. The predicted molar refractivity (Wildman–Crippen MR) is 85.6 cm³/mol. The summed E-state index contributed by atoms with van der Waals surface area (Å²) in [5, 5.41) is 19.1. The zero-order chi connectivity index (χ0) is 16.7. The summed E-state index contributed by atoms with van der Waals surface area (Å²) in [6, 6.07) is 12.9. The van der Waals surface area contributed by atoms with E-state index in [0.717, 1.165) is 0 Å². The topological polar surface area (TPSA) is 102 Å². The summed E-state index contributed by atoms with van der Waals surface area (Å²) < 4.78 is 10.6. The SMILES string of the molecule is Nc1cccc(OCC(O)COCC(=O)c2cccc(O)c2)c1. The van der Waals surface area contributed by atoms with E-state index in [4.69, 9.17) is 15.2 Å². The molecule has 2 aromatic rings. The lowest BCUT2D eigenvalue weighted by atomic mass is 10.1. The molecule has 0 amide bonds.